The smallest absolute Gasteiger partial charge is 0.245 e. The topological polar surface area (TPSA) is 110 Å². The SMILES string of the molecule is CC(=O)c1nn(CC(=O)N2[C@H](C(=O)NCc3ccccc3)C[C@@]3(C)C[C@@H]23)c2ccc(-c3cnc(C)nc3)cc12. The molecule has 9 nitrogen and oxygen atoms in total. The van der Waals surface area contributed by atoms with Crippen LogP contribution in [0.2, 0.25) is 0 Å². The standard InChI is InChI=1S/C30H30N6O3/c1-18(37)28-23-11-21(22-15-31-19(2)32-16-22)9-10-24(23)35(34-28)17-27(38)36-25(12-30(3)13-26(30)36)29(39)33-14-20-7-5-4-6-8-20/h4-11,15-16,25-26H,12-14,17H2,1-3H3,(H,33,39)/t25-,26+,30-/m0/s1. The number of fused-ring (bicyclic) bond motifs is 2. The molecule has 2 amide bonds. The van der Waals surface area contributed by atoms with E-state index in [1.165, 1.54) is 6.92 Å². The van der Waals surface area contributed by atoms with Crippen LogP contribution in [0.3, 0.4) is 0 Å². The first kappa shape index (κ1) is 24.9. The number of nitrogens with zero attached hydrogens (tertiary/aromatic N) is 5. The highest BCUT2D eigenvalue weighted by atomic mass is 16.2. The van der Waals surface area contributed by atoms with E-state index in [0.29, 0.717) is 35.4 Å². The second-order valence-corrected chi connectivity index (χ2v) is 10.9. The number of amides is 2. The summed E-state index contributed by atoms with van der Waals surface area (Å²) in [6, 6.07) is 14.9. The van der Waals surface area contributed by atoms with E-state index in [1.807, 2.05) is 55.5 Å². The van der Waals surface area contributed by atoms with E-state index in [-0.39, 0.29) is 35.6 Å². The molecule has 1 N–H and O–H groups in total. The number of piperidine rings is 1. The van der Waals surface area contributed by atoms with Gasteiger partial charge in [0.05, 0.1) is 5.52 Å². The van der Waals surface area contributed by atoms with Crippen LogP contribution in [-0.2, 0) is 22.7 Å². The maximum Gasteiger partial charge on any atom is 0.245 e. The number of Topliss-reactive ketones (excluding diaryl/α,β-unsaturated/α-hetero) is 1. The van der Waals surface area contributed by atoms with Gasteiger partial charge in [-0.05, 0) is 48.4 Å². The van der Waals surface area contributed by atoms with Crippen LogP contribution < -0.4 is 5.32 Å². The van der Waals surface area contributed by atoms with Crippen LogP contribution in [0.4, 0.5) is 0 Å². The number of carbonyl (C=O) groups excluding carboxylic acids is 3. The fourth-order valence-electron chi connectivity index (χ4n) is 5.75. The lowest BCUT2D eigenvalue weighted by molar-refractivity contribution is -0.140. The van der Waals surface area contributed by atoms with Gasteiger partial charge in [0, 0.05) is 42.9 Å². The van der Waals surface area contributed by atoms with Crippen molar-refractivity contribution in [2.45, 2.75) is 58.8 Å². The molecule has 0 radical (unpaired) electrons. The van der Waals surface area contributed by atoms with E-state index in [4.69, 9.17) is 0 Å². The van der Waals surface area contributed by atoms with E-state index in [9.17, 15) is 14.4 Å². The van der Waals surface area contributed by atoms with Crippen molar-refractivity contribution in [2.24, 2.45) is 5.41 Å². The molecule has 6 rings (SSSR count). The van der Waals surface area contributed by atoms with Gasteiger partial charge in [-0.1, -0.05) is 43.3 Å². The monoisotopic (exact) mass is 522 g/mol. The summed E-state index contributed by atoms with van der Waals surface area (Å²) in [5, 5.41) is 8.22. The predicted molar refractivity (Wildman–Crippen MR) is 146 cm³/mol. The Morgan fingerprint density at radius 2 is 1.77 bits per heavy atom. The molecule has 1 aliphatic carbocycles. The minimum Gasteiger partial charge on any atom is -0.350 e. The van der Waals surface area contributed by atoms with Crippen LogP contribution in [0.1, 0.15) is 48.6 Å². The van der Waals surface area contributed by atoms with Crippen molar-refractivity contribution in [1.82, 2.24) is 30.0 Å². The van der Waals surface area contributed by atoms with E-state index in [2.05, 4.69) is 27.3 Å². The third-order valence-electron chi connectivity index (χ3n) is 8.02. The van der Waals surface area contributed by atoms with Gasteiger partial charge in [0.25, 0.3) is 0 Å². The lowest BCUT2D eigenvalue weighted by atomic mass is 10.0. The summed E-state index contributed by atoms with van der Waals surface area (Å²) in [5.74, 6) is 0.186. The summed E-state index contributed by atoms with van der Waals surface area (Å²) < 4.78 is 1.58. The number of hydrogen-bond donors (Lipinski definition) is 1. The summed E-state index contributed by atoms with van der Waals surface area (Å²) in [4.78, 5) is 49.7. The van der Waals surface area contributed by atoms with Gasteiger partial charge >= 0.3 is 0 Å². The molecule has 39 heavy (non-hydrogen) atoms. The number of ketones is 1. The van der Waals surface area contributed by atoms with Crippen LogP contribution >= 0.6 is 0 Å². The van der Waals surface area contributed by atoms with Crippen molar-refractivity contribution in [3.63, 3.8) is 0 Å². The normalized spacial score (nSPS) is 21.6. The Labute approximate surface area is 226 Å². The minimum absolute atomic E-state index is 0.0356. The van der Waals surface area contributed by atoms with E-state index >= 15 is 0 Å². The Balaban J connectivity index is 1.26. The van der Waals surface area contributed by atoms with Crippen molar-refractivity contribution in [3.8, 4) is 11.1 Å². The second kappa shape index (κ2) is 9.41. The molecule has 1 aliphatic heterocycles. The predicted octanol–water partition coefficient (Wildman–Crippen LogP) is 3.70. The first-order valence-electron chi connectivity index (χ1n) is 13.2. The number of carbonyl (C=O) groups is 3. The largest absolute Gasteiger partial charge is 0.350 e. The molecule has 0 bridgehead atoms. The van der Waals surface area contributed by atoms with Crippen LogP contribution in [-0.4, -0.2) is 54.3 Å². The zero-order chi connectivity index (χ0) is 27.3. The summed E-state index contributed by atoms with van der Waals surface area (Å²) in [6.07, 6.45) is 5.02. The van der Waals surface area contributed by atoms with Gasteiger partial charge in [-0.15, -0.1) is 0 Å². The molecule has 1 saturated carbocycles. The summed E-state index contributed by atoms with van der Waals surface area (Å²) >= 11 is 0. The highest BCUT2D eigenvalue weighted by Crippen LogP contribution is 2.59. The molecule has 3 heterocycles. The van der Waals surface area contributed by atoms with Crippen LogP contribution in [0.5, 0.6) is 0 Å². The van der Waals surface area contributed by atoms with Crippen LogP contribution in [0.25, 0.3) is 22.0 Å². The zero-order valence-electron chi connectivity index (χ0n) is 22.2. The van der Waals surface area contributed by atoms with Gasteiger partial charge in [-0.2, -0.15) is 5.10 Å². The van der Waals surface area contributed by atoms with Crippen molar-refractivity contribution < 1.29 is 14.4 Å². The average molecular weight is 523 g/mol. The molecule has 1 saturated heterocycles. The van der Waals surface area contributed by atoms with Gasteiger partial charge in [0.15, 0.2) is 5.78 Å². The summed E-state index contributed by atoms with van der Waals surface area (Å²) in [7, 11) is 0. The lowest BCUT2D eigenvalue weighted by Gasteiger charge is -2.27. The Morgan fingerprint density at radius 1 is 1.03 bits per heavy atom. The van der Waals surface area contributed by atoms with Crippen LogP contribution in [0, 0.1) is 12.3 Å². The summed E-state index contributed by atoms with van der Waals surface area (Å²) in [5.41, 5.74) is 3.66. The number of likely N-dealkylation sites (tertiary alicyclic amines) is 1. The number of aromatic nitrogens is 4. The molecule has 2 aromatic carbocycles. The molecule has 0 spiro atoms. The number of aryl methyl sites for hydroxylation is 1. The Kier molecular flexibility index (Phi) is 6.01. The van der Waals surface area contributed by atoms with Gasteiger partial charge in [0.1, 0.15) is 24.1 Å². The highest BCUT2D eigenvalue weighted by Gasteiger charge is 2.64. The molecule has 9 heteroatoms. The first-order chi connectivity index (χ1) is 18.7. The lowest BCUT2D eigenvalue weighted by Crippen LogP contribution is -2.48. The fourth-order valence-corrected chi connectivity index (χ4v) is 5.75. The maximum atomic E-state index is 13.7. The molecular formula is C30H30N6O3. The third-order valence-corrected chi connectivity index (χ3v) is 8.02. The maximum absolute atomic E-state index is 13.7. The van der Waals surface area contributed by atoms with Crippen molar-refractivity contribution in [3.05, 3.63) is 78.0 Å². The molecule has 2 aromatic heterocycles. The second-order valence-electron chi connectivity index (χ2n) is 10.9. The molecule has 3 atom stereocenters. The molecule has 2 aliphatic rings. The van der Waals surface area contributed by atoms with Crippen molar-refractivity contribution in [2.75, 3.05) is 0 Å². The molecule has 198 valence electrons. The molecular weight excluding hydrogens is 492 g/mol. The third kappa shape index (κ3) is 4.58. The van der Waals surface area contributed by atoms with E-state index in [1.54, 1.807) is 22.0 Å². The van der Waals surface area contributed by atoms with Gasteiger partial charge in [0.2, 0.25) is 11.8 Å². The number of rotatable bonds is 7. The van der Waals surface area contributed by atoms with E-state index in [0.717, 1.165) is 23.1 Å². The summed E-state index contributed by atoms with van der Waals surface area (Å²) in [6.45, 7) is 5.80. The molecule has 0 unspecified atom stereocenters. The van der Waals surface area contributed by atoms with E-state index < -0.39 is 6.04 Å². The average Bonchev–Trinajstić information content (AvgIpc) is 3.30. The molecule has 2 fully saturated rings. The Bertz CT molecular complexity index is 1600. The fraction of sp³-hybridized carbons (Fsp3) is 0.333. The quantitative estimate of drug-likeness (QED) is 0.371. The molecule has 4 aromatic rings. The van der Waals surface area contributed by atoms with Gasteiger partial charge in [-0.3, -0.25) is 19.1 Å². The minimum atomic E-state index is -0.521. The van der Waals surface area contributed by atoms with Crippen molar-refractivity contribution in [1.29, 1.82) is 0 Å². The Hall–Kier alpha value is -4.40. The Morgan fingerprint density at radius 3 is 2.49 bits per heavy atom. The number of nitrogens with one attached hydrogen (secondary N) is 1. The van der Waals surface area contributed by atoms with Gasteiger partial charge < -0.3 is 10.2 Å². The first-order valence-corrected chi connectivity index (χ1v) is 13.2. The zero-order valence-corrected chi connectivity index (χ0v) is 22.2. The number of hydrogen-bond acceptors (Lipinski definition) is 6. The highest BCUT2D eigenvalue weighted by molar-refractivity contribution is 6.06. The van der Waals surface area contributed by atoms with Gasteiger partial charge in [-0.25, -0.2) is 9.97 Å². The number of benzene rings is 2. The van der Waals surface area contributed by atoms with Crippen LogP contribution in [0.15, 0.2) is 60.9 Å². The van der Waals surface area contributed by atoms with Crippen molar-refractivity contribution >= 4 is 28.5 Å².